The lowest BCUT2D eigenvalue weighted by Crippen LogP contribution is -2.62. The summed E-state index contributed by atoms with van der Waals surface area (Å²) in [6.07, 6.45) is -4.40. The van der Waals surface area contributed by atoms with E-state index in [0.29, 0.717) is 18.7 Å². The number of nitrogens with one attached hydrogen (secondary N) is 1. The summed E-state index contributed by atoms with van der Waals surface area (Å²) in [4.78, 5) is 0. The summed E-state index contributed by atoms with van der Waals surface area (Å²) < 4.78 is 37.6. The maximum atomic E-state index is 12.5. The van der Waals surface area contributed by atoms with Gasteiger partial charge in [-0.2, -0.15) is 13.2 Å². The monoisotopic (exact) mass is 250 g/mol. The van der Waals surface area contributed by atoms with Crippen LogP contribution in [-0.4, -0.2) is 13.1 Å². The maximum Gasteiger partial charge on any atom is 0.416 e. The Balaban J connectivity index is 2.44. The second-order valence-corrected chi connectivity index (χ2v) is 4.42. The van der Waals surface area contributed by atoms with Crippen molar-refractivity contribution in [3.63, 3.8) is 0 Å². The van der Waals surface area contributed by atoms with Crippen molar-refractivity contribution in [1.82, 2.24) is 5.32 Å². The van der Waals surface area contributed by atoms with Crippen molar-refractivity contribution in [2.75, 3.05) is 13.1 Å². The predicted molar refractivity (Wildman–Crippen MR) is 55.2 cm³/mol. The van der Waals surface area contributed by atoms with Crippen LogP contribution in [0.4, 0.5) is 13.2 Å². The molecule has 1 saturated heterocycles. The zero-order valence-electron chi connectivity index (χ0n) is 8.24. The van der Waals surface area contributed by atoms with Gasteiger partial charge >= 0.3 is 6.18 Å². The van der Waals surface area contributed by atoms with Gasteiger partial charge in [0.25, 0.3) is 0 Å². The molecule has 2 nitrogen and oxygen atoms in total. The van der Waals surface area contributed by atoms with E-state index in [0.717, 1.165) is 12.1 Å². The van der Waals surface area contributed by atoms with E-state index in [1.54, 1.807) is 0 Å². The highest BCUT2D eigenvalue weighted by molar-refractivity contribution is 6.30. The number of hydrogen-bond acceptors (Lipinski definition) is 2. The molecule has 1 aromatic carbocycles. The van der Waals surface area contributed by atoms with E-state index >= 15 is 0 Å². The highest BCUT2D eigenvalue weighted by atomic mass is 35.5. The number of rotatable bonds is 1. The molecule has 16 heavy (non-hydrogen) atoms. The summed E-state index contributed by atoms with van der Waals surface area (Å²) in [5, 5.41) is 2.99. The Kier molecular flexibility index (Phi) is 2.64. The lowest BCUT2D eigenvalue weighted by molar-refractivity contribution is -0.137. The van der Waals surface area contributed by atoms with Gasteiger partial charge in [-0.05, 0) is 23.8 Å². The van der Waals surface area contributed by atoms with Crippen LogP contribution in [0.3, 0.4) is 0 Å². The van der Waals surface area contributed by atoms with Gasteiger partial charge in [0.1, 0.15) is 0 Å². The van der Waals surface area contributed by atoms with Gasteiger partial charge in [0.05, 0.1) is 11.1 Å². The van der Waals surface area contributed by atoms with E-state index in [1.165, 1.54) is 6.07 Å². The fourth-order valence-electron chi connectivity index (χ4n) is 1.64. The summed E-state index contributed by atoms with van der Waals surface area (Å²) in [5.74, 6) is 0. The third-order valence-electron chi connectivity index (χ3n) is 2.68. The van der Waals surface area contributed by atoms with Crippen LogP contribution in [0.1, 0.15) is 11.1 Å². The minimum Gasteiger partial charge on any atom is -0.319 e. The standard InChI is InChI=1S/C10H10ClF3N2/c11-8-2-6(9(15)4-16-5-9)1-7(3-8)10(12,13)14/h1-3,16H,4-5,15H2. The first kappa shape index (κ1) is 11.7. The van der Waals surface area contributed by atoms with Gasteiger partial charge in [-0.25, -0.2) is 0 Å². The third-order valence-corrected chi connectivity index (χ3v) is 2.90. The summed E-state index contributed by atoms with van der Waals surface area (Å²) in [6.45, 7) is 0.926. The number of benzene rings is 1. The molecule has 0 atom stereocenters. The predicted octanol–water partition coefficient (Wildman–Crippen LogP) is 2.12. The Morgan fingerprint density at radius 3 is 2.31 bits per heavy atom. The SMILES string of the molecule is NC1(c2cc(Cl)cc(C(F)(F)F)c2)CNC1. The fourth-order valence-corrected chi connectivity index (χ4v) is 1.87. The van der Waals surface area contributed by atoms with Crippen LogP contribution in [0.2, 0.25) is 5.02 Å². The van der Waals surface area contributed by atoms with Gasteiger partial charge in [0.15, 0.2) is 0 Å². The van der Waals surface area contributed by atoms with Crippen LogP contribution in [0.25, 0.3) is 0 Å². The van der Waals surface area contributed by atoms with Crippen molar-refractivity contribution in [2.45, 2.75) is 11.7 Å². The van der Waals surface area contributed by atoms with Gasteiger partial charge in [-0.15, -0.1) is 0 Å². The average molecular weight is 251 g/mol. The molecule has 3 N–H and O–H groups in total. The van der Waals surface area contributed by atoms with Gasteiger partial charge in [-0.3, -0.25) is 0 Å². The number of alkyl halides is 3. The first-order valence-electron chi connectivity index (χ1n) is 4.69. The van der Waals surface area contributed by atoms with Crippen LogP contribution >= 0.6 is 11.6 Å². The van der Waals surface area contributed by atoms with Gasteiger partial charge in [0, 0.05) is 18.1 Å². The highest BCUT2D eigenvalue weighted by Gasteiger charge is 2.37. The molecule has 0 unspecified atom stereocenters. The Bertz CT molecular complexity index is 413. The summed E-state index contributed by atoms with van der Waals surface area (Å²) >= 11 is 5.67. The smallest absolute Gasteiger partial charge is 0.319 e. The van der Waals surface area contributed by atoms with Crippen LogP contribution in [0.5, 0.6) is 0 Å². The molecule has 0 aromatic heterocycles. The average Bonchev–Trinajstić information content (AvgIpc) is 2.11. The summed E-state index contributed by atoms with van der Waals surface area (Å²) in [7, 11) is 0. The second-order valence-electron chi connectivity index (χ2n) is 3.99. The molecule has 1 aliphatic heterocycles. The van der Waals surface area contributed by atoms with Crippen molar-refractivity contribution in [3.05, 3.63) is 34.3 Å². The normalized spacial score (nSPS) is 19.3. The zero-order valence-corrected chi connectivity index (χ0v) is 8.99. The van der Waals surface area contributed by atoms with Crippen LogP contribution < -0.4 is 11.1 Å². The Morgan fingerprint density at radius 1 is 1.25 bits per heavy atom. The number of nitrogens with two attached hydrogens (primary N) is 1. The fraction of sp³-hybridized carbons (Fsp3) is 0.400. The van der Waals surface area contributed by atoms with Crippen LogP contribution in [0, 0.1) is 0 Å². The van der Waals surface area contributed by atoms with Crippen molar-refractivity contribution in [1.29, 1.82) is 0 Å². The molecule has 0 amide bonds. The van der Waals surface area contributed by atoms with E-state index in [9.17, 15) is 13.2 Å². The largest absolute Gasteiger partial charge is 0.416 e. The summed E-state index contributed by atoms with van der Waals surface area (Å²) in [5.41, 5.74) is 4.85. The Morgan fingerprint density at radius 2 is 1.88 bits per heavy atom. The topological polar surface area (TPSA) is 38.0 Å². The maximum absolute atomic E-state index is 12.5. The minimum atomic E-state index is -4.40. The molecule has 1 heterocycles. The van der Waals surface area contributed by atoms with Crippen molar-refractivity contribution < 1.29 is 13.2 Å². The lowest BCUT2D eigenvalue weighted by atomic mass is 9.84. The number of halogens is 4. The zero-order chi connectivity index (χ0) is 12.0. The molecule has 0 spiro atoms. The molecule has 0 saturated carbocycles. The molecular weight excluding hydrogens is 241 g/mol. The molecule has 1 aliphatic rings. The van der Waals surface area contributed by atoms with E-state index in [4.69, 9.17) is 17.3 Å². The molecule has 1 aromatic rings. The van der Waals surface area contributed by atoms with Gasteiger partial charge in [0.2, 0.25) is 0 Å². The van der Waals surface area contributed by atoms with Crippen molar-refractivity contribution in [3.8, 4) is 0 Å². The molecule has 6 heteroatoms. The van der Waals surface area contributed by atoms with Gasteiger partial charge < -0.3 is 11.1 Å². The molecule has 1 fully saturated rings. The molecule has 0 bridgehead atoms. The number of hydrogen-bond donors (Lipinski definition) is 2. The first-order chi connectivity index (χ1) is 7.31. The molecule has 2 rings (SSSR count). The molecular formula is C10H10ClF3N2. The molecule has 0 aliphatic carbocycles. The minimum absolute atomic E-state index is 0.0570. The van der Waals surface area contributed by atoms with E-state index < -0.39 is 17.3 Å². The second kappa shape index (κ2) is 3.61. The highest BCUT2D eigenvalue weighted by Crippen LogP contribution is 2.34. The third kappa shape index (κ3) is 2.03. The van der Waals surface area contributed by atoms with Gasteiger partial charge in [-0.1, -0.05) is 11.6 Å². The van der Waals surface area contributed by atoms with Crippen LogP contribution in [0.15, 0.2) is 18.2 Å². The Hall–Kier alpha value is -0.780. The summed E-state index contributed by atoms with van der Waals surface area (Å²) in [6, 6.07) is 3.45. The molecule has 88 valence electrons. The first-order valence-corrected chi connectivity index (χ1v) is 5.07. The van der Waals surface area contributed by atoms with Crippen molar-refractivity contribution >= 4 is 11.6 Å². The van der Waals surface area contributed by atoms with E-state index in [2.05, 4.69) is 5.32 Å². The van der Waals surface area contributed by atoms with E-state index in [-0.39, 0.29) is 5.02 Å². The van der Waals surface area contributed by atoms with Crippen molar-refractivity contribution in [2.24, 2.45) is 5.73 Å². The lowest BCUT2D eigenvalue weighted by Gasteiger charge is -2.39. The van der Waals surface area contributed by atoms with Crippen LogP contribution in [-0.2, 0) is 11.7 Å². The quantitative estimate of drug-likeness (QED) is 0.801. The molecule has 0 radical (unpaired) electrons. The Labute approximate surface area is 95.6 Å². The van der Waals surface area contributed by atoms with E-state index in [1.807, 2.05) is 0 Å².